The third-order valence-electron chi connectivity index (χ3n) is 3.17. The summed E-state index contributed by atoms with van der Waals surface area (Å²) in [5.74, 6) is -1.31. The van der Waals surface area contributed by atoms with E-state index in [9.17, 15) is 17.9 Å². The molecule has 0 aromatic heterocycles. The third-order valence-corrected chi connectivity index (χ3v) is 5.25. The summed E-state index contributed by atoms with van der Waals surface area (Å²) in [6, 6.07) is 11.2. The molecule has 0 bridgehead atoms. The van der Waals surface area contributed by atoms with Gasteiger partial charge in [0, 0.05) is 15.3 Å². The Balaban J connectivity index is 1.96. The summed E-state index contributed by atoms with van der Waals surface area (Å²) in [7, 11) is 0. The Hall–Kier alpha value is -2.66. The zero-order valence-electron chi connectivity index (χ0n) is 13.6. The Morgan fingerprint density at radius 1 is 0.815 bits per heavy atom. The number of halogens is 2. The lowest BCUT2D eigenvalue weighted by molar-refractivity contribution is 0.585. The van der Waals surface area contributed by atoms with Gasteiger partial charge in [-0.2, -0.15) is 10.5 Å². The fourth-order valence-corrected chi connectivity index (χ4v) is 3.50. The molecule has 2 aromatic carbocycles. The SMILES string of the molecule is N#Cc1ccc(/C=C/[S+]([O-])N[S+]([O-])/C=C/c2ccc(C#N)cc2F)c(F)c1. The van der Waals surface area contributed by atoms with Crippen LogP contribution in [0.2, 0.25) is 0 Å². The molecule has 0 amide bonds. The molecule has 2 rings (SSSR count). The minimum Gasteiger partial charge on any atom is -0.590 e. The standard InChI is InChI=1S/C18H11F2N3O2S2/c19-17-9-13(11-21)1-3-15(17)5-7-26(24)23-27(25)8-6-16-4-2-14(12-22)10-18(16)20/h1-10,23H/b7-5+,8-6+. The van der Waals surface area contributed by atoms with Crippen LogP contribution in [0.15, 0.2) is 47.2 Å². The van der Waals surface area contributed by atoms with E-state index in [4.69, 9.17) is 10.5 Å². The average Bonchev–Trinajstić information content (AvgIpc) is 2.65. The fraction of sp³-hybridized carbons (Fsp3) is 0. The van der Waals surface area contributed by atoms with Crippen molar-refractivity contribution < 1.29 is 17.9 Å². The van der Waals surface area contributed by atoms with Crippen LogP contribution in [0.25, 0.3) is 12.2 Å². The van der Waals surface area contributed by atoms with Crippen molar-refractivity contribution in [1.29, 1.82) is 10.5 Å². The van der Waals surface area contributed by atoms with Crippen molar-refractivity contribution in [1.82, 2.24) is 4.13 Å². The number of nitriles is 2. The lowest BCUT2D eigenvalue weighted by atomic mass is 10.1. The van der Waals surface area contributed by atoms with Gasteiger partial charge in [0.2, 0.25) is 0 Å². The van der Waals surface area contributed by atoms with Crippen LogP contribution in [0.3, 0.4) is 0 Å². The minimum atomic E-state index is -1.88. The summed E-state index contributed by atoms with van der Waals surface area (Å²) in [6.45, 7) is 0. The zero-order valence-corrected chi connectivity index (χ0v) is 15.2. The van der Waals surface area contributed by atoms with Gasteiger partial charge < -0.3 is 9.11 Å². The first-order chi connectivity index (χ1) is 12.9. The third kappa shape index (κ3) is 6.22. The van der Waals surface area contributed by atoms with E-state index < -0.39 is 34.4 Å². The monoisotopic (exact) mass is 403 g/mol. The predicted octanol–water partition coefficient (Wildman–Crippen LogP) is 3.27. The van der Waals surface area contributed by atoms with Crippen LogP contribution in [0.4, 0.5) is 8.78 Å². The Bertz CT molecular complexity index is 891. The van der Waals surface area contributed by atoms with Gasteiger partial charge >= 0.3 is 0 Å². The van der Waals surface area contributed by atoms with Crippen LogP contribution in [0.5, 0.6) is 0 Å². The molecule has 0 saturated heterocycles. The van der Waals surface area contributed by atoms with E-state index in [0.29, 0.717) is 0 Å². The van der Waals surface area contributed by atoms with Crippen molar-refractivity contribution in [3.63, 3.8) is 0 Å². The predicted molar refractivity (Wildman–Crippen MR) is 99.7 cm³/mol. The van der Waals surface area contributed by atoms with E-state index in [1.165, 1.54) is 36.4 Å². The molecule has 136 valence electrons. The molecule has 2 aromatic rings. The van der Waals surface area contributed by atoms with E-state index in [2.05, 4.69) is 4.13 Å². The Labute approximate surface area is 160 Å². The highest BCUT2D eigenvalue weighted by Crippen LogP contribution is 2.14. The molecular weight excluding hydrogens is 392 g/mol. The summed E-state index contributed by atoms with van der Waals surface area (Å²) in [5.41, 5.74) is 0.547. The minimum absolute atomic E-state index is 0.116. The van der Waals surface area contributed by atoms with Gasteiger partial charge in [-0.25, -0.2) is 8.78 Å². The maximum absolute atomic E-state index is 13.7. The largest absolute Gasteiger partial charge is 0.590 e. The molecule has 0 saturated carbocycles. The molecule has 0 fully saturated rings. The number of benzene rings is 2. The summed E-state index contributed by atoms with van der Waals surface area (Å²) < 4.78 is 53.3. The van der Waals surface area contributed by atoms with Crippen molar-refractivity contribution in [3.8, 4) is 12.1 Å². The molecule has 0 aliphatic heterocycles. The average molecular weight is 403 g/mol. The smallest absolute Gasteiger partial charge is 0.143 e. The molecule has 0 radical (unpaired) electrons. The molecule has 27 heavy (non-hydrogen) atoms. The summed E-state index contributed by atoms with van der Waals surface area (Å²) in [5, 5.41) is 19.5. The number of nitrogens with one attached hydrogen (secondary N) is 1. The van der Waals surface area contributed by atoms with Crippen LogP contribution in [-0.2, 0) is 22.7 Å². The lowest BCUT2D eigenvalue weighted by Crippen LogP contribution is -2.27. The Kier molecular flexibility index (Phi) is 7.55. The molecule has 0 heterocycles. The molecule has 0 aliphatic rings. The first-order valence-electron chi connectivity index (χ1n) is 7.26. The van der Waals surface area contributed by atoms with E-state index in [0.717, 1.165) is 22.9 Å². The fourth-order valence-electron chi connectivity index (χ4n) is 1.87. The van der Waals surface area contributed by atoms with E-state index >= 15 is 0 Å². The van der Waals surface area contributed by atoms with Gasteiger partial charge in [0.1, 0.15) is 45.2 Å². The van der Waals surface area contributed by atoms with Crippen LogP contribution < -0.4 is 4.13 Å². The van der Waals surface area contributed by atoms with Crippen molar-refractivity contribution >= 4 is 34.9 Å². The highest BCUT2D eigenvalue weighted by atomic mass is 32.3. The lowest BCUT2D eigenvalue weighted by Gasteiger charge is -2.07. The second-order valence-corrected chi connectivity index (χ2v) is 7.38. The van der Waals surface area contributed by atoms with Gasteiger partial charge in [0.05, 0.1) is 23.3 Å². The maximum Gasteiger partial charge on any atom is 0.143 e. The highest BCUT2D eigenvalue weighted by Gasteiger charge is 2.12. The second-order valence-electron chi connectivity index (χ2n) is 4.98. The van der Waals surface area contributed by atoms with Gasteiger partial charge in [0.25, 0.3) is 0 Å². The van der Waals surface area contributed by atoms with Crippen molar-refractivity contribution in [2.45, 2.75) is 0 Å². The van der Waals surface area contributed by atoms with Crippen molar-refractivity contribution in [2.24, 2.45) is 0 Å². The molecule has 5 nitrogen and oxygen atoms in total. The molecule has 2 unspecified atom stereocenters. The number of rotatable bonds is 6. The van der Waals surface area contributed by atoms with Crippen molar-refractivity contribution in [3.05, 3.63) is 81.1 Å². The van der Waals surface area contributed by atoms with Gasteiger partial charge in [-0.05, 0) is 36.4 Å². The maximum atomic E-state index is 13.7. The second kappa shape index (κ2) is 9.88. The van der Waals surface area contributed by atoms with Gasteiger partial charge in [-0.3, -0.25) is 0 Å². The Morgan fingerprint density at radius 3 is 1.56 bits per heavy atom. The topological polar surface area (TPSA) is 106 Å². The molecule has 9 heteroatoms. The number of hydrogen-bond acceptors (Lipinski definition) is 5. The van der Waals surface area contributed by atoms with Gasteiger partial charge in [-0.15, -0.1) is 0 Å². The first kappa shape index (κ1) is 20.6. The quantitative estimate of drug-likeness (QED) is 0.745. The molecule has 0 aliphatic carbocycles. The zero-order chi connectivity index (χ0) is 19.8. The first-order valence-corrected chi connectivity index (χ1v) is 9.68. The Morgan fingerprint density at radius 2 is 1.22 bits per heavy atom. The van der Waals surface area contributed by atoms with Gasteiger partial charge in [-0.1, -0.05) is 12.1 Å². The van der Waals surface area contributed by atoms with Crippen LogP contribution in [0.1, 0.15) is 22.3 Å². The van der Waals surface area contributed by atoms with E-state index in [-0.39, 0.29) is 22.3 Å². The van der Waals surface area contributed by atoms with Gasteiger partial charge in [0.15, 0.2) is 0 Å². The molecule has 1 N–H and O–H groups in total. The number of hydrogen-bond donors (Lipinski definition) is 1. The van der Waals surface area contributed by atoms with Crippen LogP contribution in [0, 0.1) is 34.3 Å². The van der Waals surface area contributed by atoms with Crippen LogP contribution in [-0.4, -0.2) is 9.11 Å². The molecular formula is C18H11F2N3O2S2. The molecule has 0 spiro atoms. The van der Waals surface area contributed by atoms with Crippen LogP contribution >= 0.6 is 0 Å². The highest BCUT2D eigenvalue weighted by molar-refractivity contribution is 8.07. The summed E-state index contributed by atoms with van der Waals surface area (Å²) >= 11 is -3.77. The summed E-state index contributed by atoms with van der Waals surface area (Å²) in [6.07, 6.45) is 2.45. The van der Waals surface area contributed by atoms with Crippen molar-refractivity contribution in [2.75, 3.05) is 0 Å². The normalized spacial score (nSPS) is 13.4. The summed E-state index contributed by atoms with van der Waals surface area (Å²) in [4.78, 5) is 0. The number of nitrogens with zero attached hydrogens (tertiary/aromatic N) is 2. The van der Waals surface area contributed by atoms with E-state index in [1.54, 1.807) is 12.1 Å². The molecule has 2 atom stereocenters. The van der Waals surface area contributed by atoms with E-state index in [1.807, 2.05) is 0 Å².